The van der Waals surface area contributed by atoms with Gasteiger partial charge in [-0.1, -0.05) is 23.2 Å². The number of benzene rings is 1. The molecule has 0 bridgehead atoms. The highest BCUT2D eigenvalue weighted by Crippen LogP contribution is 2.30. The maximum Gasteiger partial charge on any atom is 0.314 e. The Bertz CT molecular complexity index is 740. The van der Waals surface area contributed by atoms with Gasteiger partial charge in [-0.05, 0) is 38.0 Å². The third-order valence-electron chi connectivity index (χ3n) is 4.98. The third-order valence-corrected chi connectivity index (χ3v) is 5.72. The Balaban J connectivity index is 1.75. The van der Waals surface area contributed by atoms with Crippen LogP contribution in [0.1, 0.15) is 26.2 Å². The van der Waals surface area contributed by atoms with E-state index in [2.05, 4.69) is 0 Å². The molecule has 1 aromatic carbocycles. The molecule has 2 aliphatic heterocycles. The van der Waals surface area contributed by atoms with E-state index in [1.165, 1.54) is 11.0 Å². The Kier molecular flexibility index (Phi) is 5.85. The van der Waals surface area contributed by atoms with E-state index in [1.807, 2.05) is 0 Å². The van der Waals surface area contributed by atoms with Crippen LogP contribution in [0.5, 0.6) is 0 Å². The Morgan fingerprint density at radius 1 is 1.31 bits per heavy atom. The fourth-order valence-electron chi connectivity index (χ4n) is 3.72. The second-order valence-electron chi connectivity index (χ2n) is 6.63. The van der Waals surface area contributed by atoms with Gasteiger partial charge in [0, 0.05) is 0 Å². The predicted molar refractivity (Wildman–Crippen MR) is 97.4 cm³/mol. The van der Waals surface area contributed by atoms with Crippen molar-refractivity contribution in [3.05, 3.63) is 28.2 Å². The number of nitrogens with zero attached hydrogens (tertiary/aromatic N) is 1. The summed E-state index contributed by atoms with van der Waals surface area (Å²) in [5, 5.41) is 0.658. The Labute approximate surface area is 162 Å². The topological polar surface area (TPSA) is 68.1 Å². The van der Waals surface area contributed by atoms with Crippen LogP contribution in [0, 0.1) is 5.92 Å². The van der Waals surface area contributed by atoms with Crippen molar-refractivity contribution in [2.75, 3.05) is 24.6 Å². The fourth-order valence-corrected chi connectivity index (χ4v) is 4.01. The number of quaternary nitrogens is 1. The van der Waals surface area contributed by atoms with Crippen molar-refractivity contribution in [2.24, 2.45) is 5.92 Å². The van der Waals surface area contributed by atoms with Crippen LogP contribution in [0.2, 0.25) is 10.0 Å². The van der Waals surface area contributed by atoms with E-state index in [-0.39, 0.29) is 30.1 Å². The van der Waals surface area contributed by atoms with Gasteiger partial charge in [-0.3, -0.25) is 14.4 Å². The quantitative estimate of drug-likeness (QED) is 0.614. The van der Waals surface area contributed by atoms with Gasteiger partial charge in [0.15, 0.2) is 6.04 Å². The predicted octanol–water partition coefficient (Wildman–Crippen LogP) is 1.48. The van der Waals surface area contributed by atoms with E-state index >= 15 is 0 Å². The van der Waals surface area contributed by atoms with E-state index in [0.717, 1.165) is 24.3 Å². The number of hydrogen-bond acceptors (Lipinski definition) is 4. The number of carbonyl (C=O) groups is 3. The number of halogens is 2. The van der Waals surface area contributed by atoms with Gasteiger partial charge >= 0.3 is 5.97 Å². The first kappa shape index (κ1) is 19.1. The Hall–Kier alpha value is -1.63. The number of nitrogens with one attached hydrogen (secondary N) is 1. The summed E-state index contributed by atoms with van der Waals surface area (Å²) in [6, 6.07) is 4.22. The summed E-state index contributed by atoms with van der Waals surface area (Å²) in [6.45, 7) is 3.39. The molecule has 2 fully saturated rings. The van der Waals surface area contributed by atoms with Crippen molar-refractivity contribution in [3.8, 4) is 0 Å². The van der Waals surface area contributed by atoms with Crippen LogP contribution in [0.4, 0.5) is 5.69 Å². The second kappa shape index (κ2) is 7.94. The number of carbonyl (C=O) groups excluding carboxylic acids is 3. The number of rotatable bonds is 4. The average Bonchev–Trinajstić information content (AvgIpc) is 2.92. The summed E-state index contributed by atoms with van der Waals surface area (Å²) in [5.74, 6) is -0.958. The standard InChI is InChI=1S/C18H20Cl2N2O4/c1-2-26-18(25)11-4-3-7-21(10-11)15-9-16(23)22(17(15)24)12-5-6-13(19)14(20)8-12/h5-6,8,11,15H,2-4,7,9-10H2,1H3/p+1/t11-,15-/m1/s1. The molecule has 3 rings (SSSR count). The molecule has 6 nitrogen and oxygen atoms in total. The van der Waals surface area contributed by atoms with Gasteiger partial charge < -0.3 is 9.64 Å². The molecule has 26 heavy (non-hydrogen) atoms. The Morgan fingerprint density at radius 2 is 2.08 bits per heavy atom. The van der Waals surface area contributed by atoms with Gasteiger partial charge in [0.25, 0.3) is 5.91 Å². The number of piperidine rings is 1. The van der Waals surface area contributed by atoms with E-state index < -0.39 is 6.04 Å². The van der Waals surface area contributed by atoms with Crippen molar-refractivity contribution >= 4 is 46.7 Å². The fraction of sp³-hybridized carbons (Fsp3) is 0.500. The number of ether oxygens (including phenoxy) is 1. The molecule has 8 heteroatoms. The molecule has 2 saturated heterocycles. The molecular formula is C18H21Cl2N2O4+. The van der Waals surface area contributed by atoms with E-state index in [1.54, 1.807) is 19.1 Å². The van der Waals surface area contributed by atoms with Crippen LogP contribution in [0.15, 0.2) is 18.2 Å². The van der Waals surface area contributed by atoms with Crippen LogP contribution < -0.4 is 9.80 Å². The zero-order valence-electron chi connectivity index (χ0n) is 14.5. The summed E-state index contributed by atoms with van der Waals surface area (Å²) in [7, 11) is 0. The lowest BCUT2D eigenvalue weighted by atomic mass is 9.96. The third kappa shape index (κ3) is 3.72. The van der Waals surface area contributed by atoms with Crippen LogP contribution in [-0.2, 0) is 19.1 Å². The molecule has 1 aromatic rings. The molecule has 2 heterocycles. The van der Waals surface area contributed by atoms with Gasteiger partial charge in [0.1, 0.15) is 5.92 Å². The molecule has 2 amide bonds. The number of anilines is 1. The first-order chi connectivity index (χ1) is 12.4. The van der Waals surface area contributed by atoms with Crippen molar-refractivity contribution in [2.45, 2.75) is 32.2 Å². The highest BCUT2D eigenvalue weighted by molar-refractivity contribution is 6.42. The van der Waals surface area contributed by atoms with E-state index in [0.29, 0.717) is 28.9 Å². The largest absolute Gasteiger partial charge is 0.466 e. The lowest BCUT2D eigenvalue weighted by molar-refractivity contribution is -0.922. The molecule has 1 unspecified atom stereocenters. The van der Waals surface area contributed by atoms with Crippen molar-refractivity contribution in [3.63, 3.8) is 0 Å². The molecule has 0 saturated carbocycles. The zero-order chi connectivity index (χ0) is 18.8. The van der Waals surface area contributed by atoms with Gasteiger partial charge in [-0.15, -0.1) is 0 Å². The first-order valence-electron chi connectivity index (χ1n) is 8.75. The molecular weight excluding hydrogens is 379 g/mol. The normalized spacial score (nSPS) is 26.3. The second-order valence-corrected chi connectivity index (χ2v) is 7.44. The van der Waals surface area contributed by atoms with E-state index in [9.17, 15) is 14.4 Å². The van der Waals surface area contributed by atoms with Gasteiger partial charge in [-0.2, -0.15) is 0 Å². The van der Waals surface area contributed by atoms with Gasteiger partial charge in [0.2, 0.25) is 5.91 Å². The maximum atomic E-state index is 12.9. The highest BCUT2D eigenvalue weighted by atomic mass is 35.5. The molecule has 1 N–H and O–H groups in total. The monoisotopic (exact) mass is 399 g/mol. The van der Waals surface area contributed by atoms with Crippen LogP contribution in [-0.4, -0.2) is 43.5 Å². The van der Waals surface area contributed by atoms with Crippen molar-refractivity contribution in [1.82, 2.24) is 0 Å². The summed E-state index contributed by atoms with van der Waals surface area (Å²) in [5.41, 5.74) is 0.426. The molecule has 2 aliphatic rings. The number of esters is 1. The molecule has 3 atom stereocenters. The molecule has 0 aromatic heterocycles. The SMILES string of the molecule is CCOC(=O)[C@@H]1CCC[NH+]([C@@H]2CC(=O)N(c3ccc(Cl)c(Cl)c3)C2=O)C1. The first-order valence-corrected chi connectivity index (χ1v) is 9.51. The molecule has 0 radical (unpaired) electrons. The minimum atomic E-state index is -0.478. The summed E-state index contributed by atoms with van der Waals surface area (Å²) < 4.78 is 5.11. The minimum Gasteiger partial charge on any atom is -0.466 e. The number of imide groups is 1. The zero-order valence-corrected chi connectivity index (χ0v) is 16.0. The molecule has 0 aliphatic carbocycles. The van der Waals surface area contributed by atoms with E-state index in [4.69, 9.17) is 27.9 Å². The van der Waals surface area contributed by atoms with Gasteiger partial charge in [0.05, 0.1) is 41.8 Å². The summed E-state index contributed by atoms with van der Waals surface area (Å²) in [6.07, 6.45) is 1.71. The summed E-state index contributed by atoms with van der Waals surface area (Å²) >= 11 is 11.9. The Morgan fingerprint density at radius 3 is 2.77 bits per heavy atom. The van der Waals surface area contributed by atoms with Crippen molar-refractivity contribution < 1.29 is 24.0 Å². The highest BCUT2D eigenvalue weighted by Gasteiger charge is 2.47. The lowest BCUT2D eigenvalue weighted by Gasteiger charge is -2.31. The number of amides is 2. The van der Waals surface area contributed by atoms with Gasteiger partial charge in [-0.25, -0.2) is 4.90 Å². The maximum absolute atomic E-state index is 12.9. The smallest absolute Gasteiger partial charge is 0.314 e. The van der Waals surface area contributed by atoms with Crippen LogP contribution in [0.3, 0.4) is 0 Å². The molecule has 140 valence electrons. The van der Waals surface area contributed by atoms with Crippen molar-refractivity contribution in [1.29, 1.82) is 0 Å². The summed E-state index contributed by atoms with van der Waals surface area (Å²) in [4.78, 5) is 39.6. The number of hydrogen-bond donors (Lipinski definition) is 1. The van der Waals surface area contributed by atoms with Crippen LogP contribution in [0.25, 0.3) is 0 Å². The molecule has 0 spiro atoms. The lowest BCUT2D eigenvalue weighted by Crippen LogP contribution is -3.18. The minimum absolute atomic E-state index is 0.129. The number of likely N-dealkylation sites (tertiary alicyclic amines) is 1. The average molecular weight is 400 g/mol. The van der Waals surface area contributed by atoms with Crippen LogP contribution >= 0.6 is 23.2 Å².